The monoisotopic (exact) mass is 317 g/mol. The van der Waals surface area contributed by atoms with E-state index in [1.54, 1.807) is 30.0 Å². The number of hydrogen-bond donors (Lipinski definition) is 2. The van der Waals surface area contributed by atoms with Crippen LogP contribution in [-0.2, 0) is 4.79 Å². The SMILES string of the molecule is COc1ccc(-n2nc(C(=O)NC(C)(C)C(=O)O)cc2C)cc1. The van der Waals surface area contributed by atoms with Gasteiger partial charge in [-0.2, -0.15) is 5.10 Å². The maximum Gasteiger partial charge on any atom is 0.328 e. The Labute approximate surface area is 133 Å². The molecule has 0 aliphatic heterocycles. The van der Waals surface area contributed by atoms with Crippen molar-refractivity contribution >= 4 is 11.9 Å². The lowest BCUT2D eigenvalue weighted by atomic mass is 10.1. The van der Waals surface area contributed by atoms with E-state index in [0.717, 1.165) is 17.1 Å². The standard InChI is InChI=1S/C16H19N3O4/c1-10-9-13(14(20)17-16(2,3)15(21)22)18-19(10)11-5-7-12(23-4)8-6-11/h5-9H,1-4H3,(H,17,20)(H,21,22). The van der Waals surface area contributed by atoms with Gasteiger partial charge in [0, 0.05) is 5.69 Å². The molecule has 7 nitrogen and oxygen atoms in total. The summed E-state index contributed by atoms with van der Waals surface area (Å²) in [6.07, 6.45) is 0. The van der Waals surface area contributed by atoms with Crippen LogP contribution in [0, 0.1) is 6.92 Å². The second kappa shape index (κ2) is 6.12. The number of amides is 1. The highest BCUT2D eigenvalue weighted by Crippen LogP contribution is 2.17. The summed E-state index contributed by atoms with van der Waals surface area (Å²) in [5.41, 5.74) is 0.329. The van der Waals surface area contributed by atoms with Crippen molar-refractivity contribution in [2.75, 3.05) is 7.11 Å². The molecular formula is C16H19N3O4. The first kappa shape index (κ1) is 16.5. The quantitative estimate of drug-likeness (QED) is 0.877. The highest BCUT2D eigenvalue weighted by atomic mass is 16.5. The molecule has 0 saturated carbocycles. The van der Waals surface area contributed by atoms with E-state index in [1.807, 2.05) is 19.1 Å². The summed E-state index contributed by atoms with van der Waals surface area (Å²) in [5, 5.41) is 15.8. The zero-order chi connectivity index (χ0) is 17.2. The molecule has 0 fully saturated rings. The number of methoxy groups -OCH3 is 1. The smallest absolute Gasteiger partial charge is 0.328 e. The molecule has 1 aromatic carbocycles. The normalized spacial score (nSPS) is 11.1. The topological polar surface area (TPSA) is 93.5 Å². The van der Waals surface area contributed by atoms with Gasteiger partial charge in [-0.1, -0.05) is 0 Å². The lowest BCUT2D eigenvalue weighted by Gasteiger charge is -2.20. The van der Waals surface area contributed by atoms with Crippen LogP contribution < -0.4 is 10.1 Å². The first-order chi connectivity index (χ1) is 10.7. The molecule has 2 aromatic rings. The molecule has 0 spiro atoms. The number of carboxylic acids is 1. The summed E-state index contributed by atoms with van der Waals surface area (Å²) in [4.78, 5) is 23.3. The number of nitrogens with one attached hydrogen (secondary N) is 1. The van der Waals surface area contributed by atoms with Crippen LogP contribution in [0.1, 0.15) is 30.0 Å². The van der Waals surface area contributed by atoms with Crippen LogP contribution in [-0.4, -0.2) is 39.4 Å². The van der Waals surface area contributed by atoms with Crippen molar-refractivity contribution in [2.45, 2.75) is 26.3 Å². The summed E-state index contributed by atoms with van der Waals surface area (Å²) in [6.45, 7) is 4.65. The Hall–Kier alpha value is -2.83. The van der Waals surface area contributed by atoms with Crippen molar-refractivity contribution in [3.8, 4) is 11.4 Å². The first-order valence-electron chi connectivity index (χ1n) is 7.01. The van der Waals surface area contributed by atoms with E-state index in [-0.39, 0.29) is 5.69 Å². The zero-order valence-corrected chi connectivity index (χ0v) is 13.5. The number of nitrogens with zero attached hydrogens (tertiary/aromatic N) is 2. The number of rotatable bonds is 5. The molecule has 2 rings (SSSR count). The van der Waals surface area contributed by atoms with Crippen molar-refractivity contribution in [1.82, 2.24) is 15.1 Å². The van der Waals surface area contributed by atoms with E-state index in [2.05, 4.69) is 10.4 Å². The zero-order valence-electron chi connectivity index (χ0n) is 13.5. The van der Waals surface area contributed by atoms with Crippen LogP contribution in [0.2, 0.25) is 0 Å². The number of carbonyl (C=O) groups is 2. The number of benzene rings is 1. The first-order valence-corrected chi connectivity index (χ1v) is 7.01. The maximum atomic E-state index is 12.2. The largest absolute Gasteiger partial charge is 0.497 e. The summed E-state index contributed by atoms with van der Waals surface area (Å²) in [6, 6.07) is 8.84. The minimum atomic E-state index is -1.37. The van der Waals surface area contributed by atoms with Crippen LogP contribution >= 0.6 is 0 Å². The molecule has 0 radical (unpaired) electrons. The average Bonchev–Trinajstić information content (AvgIpc) is 2.89. The van der Waals surface area contributed by atoms with Gasteiger partial charge in [0.25, 0.3) is 5.91 Å². The van der Waals surface area contributed by atoms with Crippen LogP contribution in [0.4, 0.5) is 0 Å². The molecule has 0 aliphatic carbocycles. The van der Waals surface area contributed by atoms with Crippen molar-refractivity contribution in [1.29, 1.82) is 0 Å². The van der Waals surface area contributed by atoms with Gasteiger partial charge >= 0.3 is 5.97 Å². The molecule has 0 unspecified atom stereocenters. The Kier molecular flexibility index (Phi) is 4.40. The van der Waals surface area contributed by atoms with Gasteiger partial charge in [0.05, 0.1) is 12.8 Å². The van der Waals surface area contributed by atoms with Gasteiger partial charge in [0.15, 0.2) is 5.69 Å². The fourth-order valence-corrected chi connectivity index (χ4v) is 1.97. The molecule has 1 heterocycles. The van der Waals surface area contributed by atoms with Gasteiger partial charge < -0.3 is 15.2 Å². The minimum Gasteiger partial charge on any atom is -0.497 e. The molecule has 1 amide bonds. The fraction of sp³-hybridized carbons (Fsp3) is 0.312. The molecule has 0 aliphatic rings. The molecule has 1 aromatic heterocycles. The third kappa shape index (κ3) is 3.50. The van der Waals surface area contributed by atoms with Gasteiger partial charge in [0.2, 0.25) is 0 Å². The Morgan fingerprint density at radius 1 is 1.26 bits per heavy atom. The van der Waals surface area contributed by atoms with Crippen molar-refractivity contribution in [3.05, 3.63) is 41.7 Å². The van der Waals surface area contributed by atoms with E-state index in [9.17, 15) is 9.59 Å². The van der Waals surface area contributed by atoms with Gasteiger partial charge in [-0.15, -0.1) is 0 Å². The molecule has 7 heteroatoms. The highest BCUT2D eigenvalue weighted by Gasteiger charge is 2.30. The van der Waals surface area contributed by atoms with Gasteiger partial charge in [-0.05, 0) is 51.1 Å². The number of aliphatic carboxylic acids is 1. The second-order valence-electron chi connectivity index (χ2n) is 5.67. The van der Waals surface area contributed by atoms with Crippen molar-refractivity contribution < 1.29 is 19.4 Å². The summed E-state index contributed by atoms with van der Waals surface area (Å²) in [5.74, 6) is -0.926. The number of ether oxygens (including phenoxy) is 1. The molecule has 0 saturated heterocycles. The Bertz CT molecular complexity index is 732. The predicted molar refractivity (Wildman–Crippen MR) is 84.0 cm³/mol. The number of hydrogen-bond acceptors (Lipinski definition) is 4. The average molecular weight is 317 g/mol. The predicted octanol–water partition coefficient (Wildman–Crippen LogP) is 1.78. The maximum absolute atomic E-state index is 12.2. The van der Waals surface area contributed by atoms with Gasteiger partial charge in [-0.3, -0.25) is 4.79 Å². The van der Waals surface area contributed by atoms with Crippen LogP contribution in [0.15, 0.2) is 30.3 Å². The molecule has 0 bridgehead atoms. The number of aryl methyl sites for hydroxylation is 1. The molecule has 2 N–H and O–H groups in total. The Morgan fingerprint density at radius 3 is 2.39 bits per heavy atom. The van der Waals surface area contributed by atoms with Crippen LogP contribution in [0.5, 0.6) is 5.75 Å². The minimum absolute atomic E-state index is 0.160. The fourth-order valence-electron chi connectivity index (χ4n) is 1.97. The van der Waals surface area contributed by atoms with E-state index < -0.39 is 17.4 Å². The highest BCUT2D eigenvalue weighted by molar-refractivity contribution is 5.96. The van der Waals surface area contributed by atoms with Gasteiger partial charge in [0.1, 0.15) is 11.3 Å². The van der Waals surface area contributed by atoms with E-state index >= 15 is 0 Å². The Balaban J connectivity index is 2.26. The van der Waals surface area contributed by atoms with Crippen molar-refractivity contribution in [3.63, 3.8) is 0 Å². The Morgan fingerprint density at radius 2 is 1.87 bits per heavy atom. The molecule has 23 heavy (non-hydrogen) atoms. The third-order valence-electron chi connectivity index (χ3n) is 3.40. The van der Waals surface area contributed by atoms with Crippen LogP contribution in [0.25, 0.3) is 5.69 Å². The molecular weight excluding hydrogens is 298 g/mol. The van der Waals surface area contributed by atoms with E-state index in [0.29, 0.717) is 0 Å². The van der Waals surface area contributed by atoms with E-state index in [4.69, 9.17) is 9.84 Å². The number of carboxylic acid groups (broad SMARTS) is 1. The lowest BCUT2D eigenvalue weighted by Crippen LogP contribution is -2.49. The van der Waals surface area contributed by atoms with Crippen molar-refractivity contribution in [2.24, 2.45) is 0 Å². The third-order valence-corrected chi connectivity index (χ3v) is 3.40. The summed E-state index contributed by atoms with van der Waals surface area (Å²) >= 11 is 0. The van der Waals surface area contributed by atoms with E-state index in [1.165, 1.54) is 13.8 Å². The second-order valence-corrected chi connectivity index (χ2v) is 5.67. The molecule has 122 valence electrons. The van der Waals surface area contributed by atoms with Crippen LogP contribution in [0.3, 0.4) is 0 Å². The lowest BCUT2D eigenvalue weighted by molar-refractivity contribution is -0.143. The number of carbonyl (C=O) groups excluding carboxylic acids is 1. The summed E-state index contributed by atoms with van der Waals surface area (Å²) in [7, 11) is 1.58. The van der Waals surface area contributed by atoms with Gasteiger partial charge in [-0.25, -0.2) is 9.48 Å². The summed E-state index contributed by atoms with van der Waals surface area (Å²) < 4.78 is 6.72. The number of aromatic nitrogens is 2. The molecule has 0 atom stereocenters.